The summed E-state index contributed by atoms with van der Waals surface area (Å²) in [5, 5.41) is 6.83. The van der Waals surface area contributed by atoms with E-state index >= 15 is 0 Å². The highest BCUT2D eigenvalue weighted by Crippen LogP contribution is 2.44. The molecule has 9 aromatic rings. The second-order valence-electron chi connectivity index (χ2n) is 11.6. The maximum Gasteiger partial charge on any atom is 0.153 e. The highest BCUT2D eigenvalue weighted by Gasteiger charge is 2.20. The molecular weight excluding hydrogens is 560 g/mol. The molecule has 46 heavy (non-hydrogen) atoms. The van der Waals surface area contributed by atoms with Crippen molar-refractivity contribution >= 4 is 60.5 Å². The lowest BCUT2D eigenvalue weighted by molar-refractivity contribution is 0.670. The van der Waals surface area contributed by atoms with E-state index in [0.29, 0.717) is 0 Å². The molecule has 0 aliphatic carbocycles. The van der Waals surface area contributed by atoms with Crippen LogP contribution in [0.25, 0.3) is 65.7 Å². The highest BCUT2D eigenvalue weighted by atomic mass is 16.3. The number of pyridine rings is 1. The molecule has 216 valence electrons. The largest absolute Gasteiger partial charge is 0.454 e. The van der Waals surface area contributed by atoms with Gasteiger partial charge in [-0.15, -0.1) is 0 Å². The van der Waals surface area contributed by atoms with Gasteiger partial charge in [-0.05, 0) is 80.9 Å². The fourth-order valence-electron chi connectivity index (χ4n) is 6.78. The van der Waals surface area contributed by atoms with Gasteiger partial charge in [0.15, 0.2) is 5.58 Å². The topological polar surface area (TPSA) is 29.3 Å². The minimum absolute atomic E-state index is 0.789. The Hall–Kier alpha value is -6.19. The summed E-state index contributed by atoms with van der Waals surface area (Å²) in [6.07, 6.45) is 3.63. The summed E-state index contributed by atoms with van der Waals surface area (Å²) in [4.78, 5) is 6.68. The van der Waals surface area contributed by atoms with Crippen molar-refractivity contribution in [3.8, 4) is 22.3 Å². The van der Waals surface area contributed by atoms with E-state index in [2.05, 4.69) is 162 Å². The molecule has 0 aliphatic heterocycles. The van der Waals surface area contributed by atoms with Crippen LogP contribution >= 0.6 is 0 Å². The van der Waals surface area contributed by atoms with Gasteiger partial charge < -0.3 is 9.32 Å². The minimum atomic E-state index is 0.789. The maximum atomic E-state index is 6.55. The molecule has 0 unspecified atom stereocenters. The number of anilines is 3. The van der Waals surface area contributed by atoms with Crippen LogP contribution in [0.5, 0.6) is 0 Å². The SMILES string of the molecule is c1ccc(-c2cccc(N(c3ccc(-c4cccc5ccccc45)cc3)c3cccc4ccc5c6ccncc6oc5c34)c2)cc1. The fourth-order valence-corrected chi connectivity index (χ4v) is 6.78. The van der Waals surface area contributed by atoms with Crippen molar-refractivity contribution < 1.29 is 4.42 Å². The summed E-state index contributed by atoms with van der Waals surface area (Å²) >= 11 is 0. The summed E-state index contributed by atoms with van der Waals surface area (Å²) in [7, 11) is 0. The van der Waals surface area contributed by atoms with Crippen molar-refractivity contribution in [2.24, 2.45) is 0 Å². The Labute approximate surface area is 266 Å². The molecule has 3 nitrogen and oxygen atoms in total. The lowest BCUT2D eigenvalue weighted by Crippen LogP contribution is -2.10. The van der Waals surface area contributed by atoms with Gasteiger partial charge in [0.2, 0.25) is 0 Å². The predicted molar refractivity (Wildman–Crippen MR) is 192 cm³/mol. The van der Waals surface area contributed by atoms with E-state index in [9.17, 15) is 0 Å². The molecule has 2 heterocycles. The third-order valence-corrected chi connectivity index (χ3v) is 8.94. The first-order valence-electron chi connectivity index (χ1n) is 15.5. The van der Waals surface area contributed by atoms with Crippen molar-refractivity contribution in [1.29, 1.82) is 0 Å². The minimum Gasteiger partial charge on any atom is -0.454 e. The summed E-state index contributed by atoms with van der Waals surface area (Å²) in [5.74, 6) is 0. The van der Waals surface area contributed by atoms with Crippen LogP contribution in [0.2, 0.25) is 0 Å². The molecule has 0 saturated heterocycles. The number of rotatable bonds is 5. The van der Waals surface area contributed by atoms with Crippen LogP contribution in [0.1, 0.15) is 0 Å². The predicted octanol–water partition coefficient (Wildman–Crippen LogP) is 12.1. The van der Waals surface area contributed by atoms with Gasteiger partial charge in [0, 0.05) is 33.7 Å². The Kier molecular flexibility index (Phi) is 6.14. The zero-order chi connectivity index (χ0) is 30.5. The average Bonchev–Trinajstić information content (AvgIpc) is 3.51. The van der Waals surface area contributed by atoms with E-state index in [-0.39, 0.29) is 0 Å². The lowest BCUT2D eigenvalue weighted by Gasteiger charge is -2.27. The molecule has 0 fully saturated rings. The van der Waals surface area contributed by atoms with Crippen LogP contribution in [0.3, 0.4) is 0 Å². The number of hydrogen-bond acceptors (Lipinski definition) is 3. The van der Waals surface area contributed by atoms with Crippen molar-refractivity contribution in [1.82, 2.24) is 4.98 Å². The van der Waals surface area contributed by atoms with Crippen LogP contribution in [0.15, 0.2) is 175 Å². The fraction of sp³-hybridized carbons (Fsp3) is 0. The van der Waals surface area contributed by atoms with Gasteiger partial charge in [0.05, 0.1) is 11.9 Å². The van der Waals surface area contributed by atoms with Gasteiger partial charge in [-0.2, -0.15) is 0 Å². The number of aromatic nitrogens is 1. The first-order valence-corrected chi connectivity index (χ1v) is 15.5. The number of benzene rings is 7. The summed E-state index contributed by atoms with van der Waals surface area (Å²) in [6, 6.07) is 56.2. The monoisotopic (exact) mass is 588 g/mol. The normalized spacial score (nSPS) is 11.5. The average molecular weight is 589 g/mol. The molecule has 0 N–H and O–H groups in total. The van der Waals surface area contributed by atoms with E-state index in [4.69, 9.17) is 4.42 Å². The Morgan fingerprint density at radius 3 is 2.15 bits per heavy atom. The standard InChI is InChI=1S/C43H28N2O/c1-2-9-29(10-3-1)33-14-6-15-35(27-33)45(34-22-19-31(20-23-34)37-17-7-12-30-11-4-5-16-36(30)37)40-18-8-13-32-21-24-39-38-25-26-44-28-41(38)46-43(39)42(32)40/h1-28H. The molecule has 0 aliphatic rings. The molecule has 2 aromatic heterocycles. The Balaban J connectivity index is 1.28. The van der Waals surface area contributed by atoms with Crippen molar-refractivity contribution in [3.63, 3.8) is 0 Å². The van der Waals surface area contributed by atoms with Gasteiger partial charge in [-0.1, -0.05) is 115 Å². The van der Waals surface area contributed by atoms with Gasteiger partial charge in [-0.3, -0.25) is 4.98 Å². The van der Waals surface area contributed by atoms with Crippen molar-refractivity contribution in [2.45, 2.75) is 0 Å². The molecule has 0 atom stereocenters. The first-order chi connectivity index (χ1) is 22.8. The van der Waals surface area contributed by atoms with Gasteiger partial charge in [0.1, 0.15) is 5.58 Å². The number of furan rings is 1. The maximum absolute atomic E-state index is 6.55. The number of hydrogen-bond donors (Lipinski definition) is 0. The smallest absolute Gasteiger partial charge is 0.153 e. The number of fused-ring (bicyclic) bond motifs is 6. The van der Waals surface area contributed by atoms with E-state index in [1.165, 1.54) is 27.5 Å². The van der Waals surface area contributed by atoms with E-state index < -0.39 is 0 Å². The van der Waals surface area contributed by atoms with Crippen molar-refractivity contribution in [3.05, 3.63) is 170 Å². The summed E-state index contributed by atoms with van der Waals surface area (Å²) < 4.78 is 6.55. The Morgan fingerprint density at radius 1 is 0.478 bits per heavy atom. The number of nitrogens with zero attached hydrogens (tertiary/aromatic N) is 2. The van der Waals surface area contributed by atoms with Gasteiger partial charge in [0.25, 0.3) is 0 Å². The Morgan fingerprint density at radius 2 is 1.24 bits per heavy atom. The third kappa shape index (κ3) is 4.33. The molecule has 7 aromatic carbocycles. The molecule has 0 amide bonds. The van der Waals surface area contributed by atoms with E-state index in [0.717, 1.165) is 55.3 Å². The zero-order valence-corrected chi connectivity index (χ0v) is 25.0. The van der Waals surface area contributed by atoms with Crippen molar-refractivity contribution in [2.75, 3.05) is 4.90 Å². The summed E-state index contributed by atoms with van der Waals surface area (Å²) in [5.41, 5.74) is 9.60. The third-order valence-electron chi connectivity index (χ3n) is 8.94. The lowest BCUT2D eigenvalue weighted by atomic mass is 9.97. The van der Waals surface area contributed by atoms with E-state index in [1.807, 2.05) is 12.3 Å². The van der Waals surface area contributed by atoms with Crippen LogP contribution in [-0.4, -0.2) is 4.98 Å². The quantitative estimate of drug-likeness (QED) is 0.200. The molecule has 3 heteroatoms. The Bertz CT molecular complexity index is 2530. The van der Waals surface area contributed by atoms with Gasteiger partial charge >= 0.3 is 0 Å². The van der Waals surface area contributed by atoms with Crippen LogP contribution in [0.4, 0.5) is 17.1 Å². The molecule has 0 bridgehead atoms. The zero-order valence-electron chi connectivity index (χ0n) is 25.0. The van der Waals surface area contributed by atoms with Crippen LogP contribution in [0, 0.1) is 0 Å². The second kappa shape index (κ2) is 10.8. The van der Waals surface area contributed by atoms with E-state index in [1.54, 1.807) is 6.20 Å². The molecule has 0 saturated carbocycles. The van der Waals surface area contributed by atoms with Crippen LogP contribution in [-0.2, 0) is 0 Å². The molecule has 9 rings (SSSR count). The van der Waals surface area contributed by atoms with Crippen LogP contribution < -0.4 is 4.90 Å². The second-order valence-corrected chi connectivity index (χ2v) is 11.6. The first kappa shape index (κ1) is 26.2. The summed E-state index contributed by atoms with van der Waals surface area (Å²) in [6.45, 7) is 0. The molecule has 0 spiro atoms. The van der Waals surface area contributed by atoms with Gasteiger partial charge in [-0.25, -0.2) is 0 Å². The highest BCUT2D eigenvalue weighted by molar-refractivity contribution is 6.19. The molecule has 0 radical (unpaired) electrons. The molecular formula is C43H28N2O.